The highest BCUT2D eigenvalue weighted by atomic mass is 35.5. The van der Waals surface area contributed by atoms with Crippen molar-refractivity contribution in [1.82, 2.24) is 10.6 Å². The molecule has 17 heavy (non-hydrogen) atoms. The van der Waals surface area contributed by atoms with E-state index in [2.05, 4.69) is 10.6 Å². The van der Waals surface area contributed by atoms with Crippen LogP contribution < -0.4 is 10.6 Å². The molecule has 0 bridgehead atoms. The molecule has 1 rings (SSSR count). The first-order valence-electron chi connectivity index (χ1n) is 5.26. The summed E-state index contributed by atoms with van der Waals surface area (Å²) in [4.78, 5) is 11.8. The van der Waals surface area contributed by atoms with Crippen molar-refractivity contribution in [1.29, 1.82) is 0 Å². The van der Waals surface area contributed by atoms with E-state index in [-0.39, 0.29) is 24.4 Å². The molecule has 3 nitrogen and oxygen atoms in total. The van der Waals surface area contributed by atoms with Crippen molar-refractivity contribution in [2.45, 2.75) is 19.9 Å². The summed E-state index contributed by atoms with van der Waals surface area (Å²) >= 11 is 6.06. The lowest BCUT2D eigenvalue weighted by molar-refractivity contribution is 0.0950. The van der Waals surface area contributed by atoms with E-state index in [4.69, 9.17) is 11.6 Å². The van der Waals surface area contributed by atoms with Gasteiger partial charge in [0, 0.05) is 12.6 Å². The Morgan fingerprint density at radius 3 is 2.71 bits per heavy atom. The van der Waals surface area contributed by atoms with E-state index < -0.39 is 0 Å². The second-order valence-electron chi connectivity index (χ2n) is 3.84. The SMILES string of the molecule is CNC(C)CNC(=O)c1cccc(C)c1Cl.Cl. The summed E-state index contributed by atoms with van der Waals surface area (Å²) in [7, 11) is 1.86. The standard InChI is InChI=1S/C12H17ClN2O.ClH/c1-8-5-4-6-10(11(8)13)12(16)15-7-9(2)14-3;/h4-6,9,14H,7H2,1-3H3,(H,15,16);1H. The van der Waals surface area contributed by atoms with Crippen molar-refractivity contribution in [3.05, 3.63) is 34.3 Å². The molecule has 0 aliphatic carbocycles. The highest BCUT2D eigenvalue weighted by molar-refractivity contribution is 6.34. The summed E-state index contributed by atoms with van der Waals surface area (Å²) in [6.45, 7) is 4.47. The first kappa shape index (κ1) is 16.2. The maximum Gasteiger partial charge on any atom is 0.252 e. The fourth-order valence-corrected chi connectivity index (χ4v) is 1.48. The van der Waals surface area contributed by atoms with E-state index in [1.165, 1.54) is 0 Å². The van der Waals surface area contributed by atoms with Gasteiger partial charge >= 0.3 is 0 Å². The zero-order valence-corrected chi connectivity index (χ0v) is 11.8. The Morgan fingerprint density at radius 1 is 1.47 bits per heavy atom. The van der Waals surface area contributed by atoms with Crippen LogP contribution in [0.3, 0.4) is 0 Å². The van der Waals surface area contributed by atoms with Crippen LogP contribution in [0.5, 0.6) is 0 Å². The number of hydrogen-bond acceptors (Lipinski definition) is 2. The van der Waals surface area contributed by atoms with Gasteiger partial charge < -0.3 is 10.6 Å². The largest absolute Gasteiger partial charge is 0.350 e. The third-order valence-corrected chi connectivity index (χ3v) is 3.00. The maximum atomic E-state index is 11.8. The minimum atomic E-state index is -0.129. The molecule has 2 N–H and O–H groups in total. The average Bonchev–Trinajstić information content (AvgIpc) is 2.29. The molecule has 96 valence electrons. The monoisotopic (exact) mass is 276 g/mol. The number of aryl methyl sites for hydroxylation is 1. The van der Waals surface area contributed by atoms with E-state index in [0.717, 1.165) is 5.56 Å². The molecular weight excluding hydrogens is 259 g/mol. The zero-order valence-electron chi connectivity index (χ0n) is 10.2. The smallest absolute Gasteiger partial charge is 0.252 e. The number of nitrogens with one attached hydrogen (secondary N) is 2. The summed E-state index contributed by atoms with van der Waals surface area (Å²) in [5, 5.41) is 6.41. The Kier molecular flexibility index (Phi) is 7.19. The number of benzene rings is 1. The molecule has 1 aromatic rings. The third-order valence-electron chi connectivity index (χ3n) is 2.50. The summed E-state index contributed by atoms with van der Waals surface area (Å²) in [5.41, 5.74) is 1.45. The van der Waals surface area contributed by atoms with Crippen LogP contribution in [0.15, 0.2) is 18.2 Å². The third kappa shape index (κ3) is 4.54. The highest BCUT2D eigenvalue weighted by Gasteiger charge is 2.11. The first-order valence-corrected chi connectivity index (χ1v) is 5.64. The number of rotatable bonds is 4. The lowest BCUT2D eigenvalue weighted by Crippen LogP contribution is -2.37. The molecule has 0 saturated carbocycles. The first-order chi connectivity index (χ1) is 7.56. The van der Waals surface area contributed by atoms with Gasteiger partial charge in [-0.05, 0) is 32.5 Å². The Hall–Kier alpha value is -0.770. The minimum Gasteiger partial charge on any atom is -0.350 e. The number of carbonyl (C=O) groups excluding carboxylic acids is 1. The van der Waals surface area contributed by atoms with Crippen LogP contribution in [0.4, 0.5) is 0 Å². The van der Waals surface area contributed by atoms with E-state index in [0.29, 0.717) is 17.1 Å². The second kappa shape index (κ2) is 7.54. The molecule has 0 aromatic heterocycles. The normalized spacial score (nSPS) is 11.5. The predicted molar refractivity (Wildman–Crippen MR) is 74.3 cm³/mol. The van der Waals surface area contributed by atoms with Gasteiger partial charge in [0.15, 0.2) is 0 Å². The number of amides is 1. The van der Waals surface area contributed by atoms with Gasteiger partial charge in [-0.3, -0.25) is 4.79 Å². The number of carbonyl (C=O) groups is 1. The van der Waals surface area contributed by atoms with Crippen LogP contribution in [-0.2, 0) is 0 Å². The molecule has 0 saturated heterocycles. The number of hydrogen-bond donors (Lipinski definition) is 2. The van der Waals surface area contributed by atoms with Gasteiger partial charge in [-0.15, -0.1) is 12.4 Å². The average molecular weight is 277 g/mol. The van der Waals surface area contributed by atoms with Crippen molar-refractivity contribution in [3.8, 4) is 0 Å². The van der Waals surface area contributed by atoms with Crippen molar-refractivity contribution in [3.63, 3.8) is 0 Å². The molecule has 1 aromatic carbocycles. The quantitative estimate of drug-likeness (QED) is 0.887. The van der Waals surface area contributed by atoms with Gasteiger partial charge in [0.1, 0.15) is 0 Å². The Morgan fingerprint density at radius 2 is 2.12 bits per heavy atom. The Labute approximate surface area is 113 Å². The zero-order chi connectivity index (χ0) is 12.1. The molecule has 1 atom stereocenters. The summed E-state index contributed by atoms with van der Waals surface area (Å²) in [6, 6.07) is 5.69. The molecule has 0 aliphatic rings. The minimum absolute atomic E-state index is 0. The second-order valence-corrected chi connectivity index (χ2v) is 4.21. The van der Waals surface area contributed by atoms with Gasteiger partial charge in [-0.2, -0.15) is 0 Å². The molecule has 0 heterocycles. The van der Waals surface area contributed by atoms with Crippen LogP contribution in [-0.4, -0.2) is 25.5 Å². The highest BCUT2D eigenvalue weighted by Crippen LogP contribution is 2.19. The topological polar surface area (TPSA) is 41.1 Å². The molecule has 1 amide bonds. The fraction of sp³-hybridized carbons (Fsp3) is 0.417. The van der Waals surface area contributed by atoms with E-state index >= 15 is 0 Å². The van der Waals surface area contributed by atoms with Gasteiger partial charge in [0.2, 0.25) is 0 Å². The molecule has 5 heteroatoms. The van der Waals surface area contributed by atoms with Crippen LogP contribution in [0.25, 0.3) is 0 Å². The predicted octanol–water partition coefficient (Wildman–Crippen LogP) is 2.41. The van der Waals surface area contributed by atoms with Gasteiger partial charge in [-0.1, -0.05) is 23.7 Å². The van der Waals surface area contributed by atoms with Crippen molar-refractivity contribution in [2.75, 3.05) is 13.6 Å². The molecule has 0 fully saturated rings. The molecule has 1 unspecified atom stereocenters. The van der Waals surface area contributed by atoms with Crippen LogP contribution in [0.2, 0.25) is 5.02 Å². The molecule has 0 spiro atoms. The summed E-state index contributed by atoms with van der Waals surface area (Å²) < 4.78 is 0. The van der Waals surface area contributed by atoms with Gasteiger partial charge in [0.25, 0.3) is 5.91 Å². The van der Waals surface area contributed by atoms with Crippen molar-refractivity contribution in [2.24, 2.45) is 0 Å². The molecule has 0 aliphatic heterocycles. The van der Waals surface area contributed by atoms with E-state index in [9.17, 15) is 4.79 Å². The summed E-state index contributed by atoms with van der Waals surface area (Å²) in [6.07, 6.45) is 0. The van der Waals surface area contributed by atoms with Gasteiger partial charge in [-0.25, -0.2) is 0 Å². The van der Waals surface area contributed by atoms with Crippen LogP contribution in [0.1, 0.15) is 22.8 Å². The number of likely N-dealkylation sites (N-methyl/N-ethyl adjacent to an activating group) is 1. The lowest BCUT2D eigenvalue weighted by atomic mass is 10.1. The molecular formula is C12H18Cl2N2O. The Bertz CT molecular complexity index is 383. The van der Waals surface area contributed by atoms with E-state index in [1.54, 1.807) is 6.07 Å². The maximum absolute atomic E-state index is 11.8. The fourth-order valence-electron chi connectivity index (χ4n) is 1.27. The van der Waals surface area contributed by atoms with Crippen molar-refractivity contribution < 1.29 is 4.79 Å². The molecule has 0 radical (unpaired) electrons. The number of halogens is 2. The van der Waals surface area contributed by atoms with Crippen molar-refractivity contribution >= 4 is 29.9 Å². The van der Waals surface area contributed by atoms with E-state index in [1.807, 2.05) is 33.0 Å². The van der Waals surface area contributed by atoms with Crippen LogP contribution >= 0.6 is 24.0 Å². The Balaban J connectivity index is 0.00000256. The lowest BCUT2D eigenvalue weighted by Gasteiger charge is -2.12. The summed E-state index contributed by atoms with van der Waals surface area (Å²) in [5.74, 6) is -0.129. The van der Waals surface area contributed by atoms with Gasteiger partial charge in [0.05, 0.1) is 10.6 Å². The van der Waals surface area contributed by atoms with Crippen LogP contribution in [0, 0.1) is 6.92 Å².